The Morgan fingerprint density at radius 1 is 1.43 bits per heavy atom. The summed E-state index contributed by atoms with van der Waals surface area (Å²) in [6, 6.07) is 7.25. The van der Waals surface area contributed by atoms with Gasteiger partial charge < -0.3 is 10.0 Å². The number of hydrogen-bond donors (Lipinski definition) is 1. The van der Waals surface area contributed by atoms with Crippen molar-refractivity contribution >= 4 is 17.5 Å². The van der Waals surface area contributed by atoms with E-state index in [1.165, 1.54) is 0 Å². The summed E-state index contributed by atoms with van der Waals surface area (Å²) >= 11 is 6.15. The number of carbonyl (C=O) groups excluding carboxylic acids is 1. The largest absolute Gasteiger partial charge is 0.391 e. The Morgan fingerprint density at radius 2 is 2.19 bits per heavy atom. The molecule has 1 N–H and O–H groups in total. The first-order chi connectivity index (χ1) is 10.1. The van der Waals surface area contributed by atoms with E-state index in [2.05, 4.69) is 10.1 Å². The monoisotopic (exact) mass is 306 g/mol. The highest BCUT2D eigenvalue weighted by atomic mass is 35.5. The Bertz CT molecular complexity index is 685. The van der Waals surface area contributed by atoms with Gasteiger partial charge >= 0.3 is 0 Å². The van der Waals surface area contributed by atoms with E-state index in [9.17, 15) is 9.90 Å². The number of rotatable bonds is 2. The van der Waals surface area contributed by atoms with Gasteiger partial charge in [-0.15, -0.1) is 5.10 Å². The molecule has 1 fully saturated rings. The maximum Gasteiger partial charge on any atom is 0.293 e. The average molecular weight is 307 g/mol. The topological polar surface area (TPSA) is 71.2 Å². The number of likely N-dealkylation sites (tertiary alicyclic amines) is 1. The summed E-state index contributed by atoms with van der Waals surface area (Å²) in [6.07, 6.45) is 0.136. The number of nitrogens with zero attached hydrogens (tertiary/aromatic N) is 4. The Balaban J connectivity index is 1.91. The first kappa shape index (κ1) is 14.0. The minimum Gasteiger partial charge on any atom is -0.391 e. The minimum atomic E-state index is -0.458. The highest BCUT2D eigenvalue weighted by Crippen LogP contribution is 2.20. The SMILES string of the molecule is Cc1nc(C(=O)N2CC[C@@H](O)C2)nn1-c1ccccc1Cl. The summed E-state index contributed by atoms with van der Waals surface area (Å²) in [5, 5.41) is 14.3. The molecular formula is C14H15ClN4O2. The van der Waals surface area contributed by atoms with Crippen molar-refractivity contribution in [3.05, 3.63) is 40.9 Å². The fourth-order valence-electron chi connectivity index (χ4n) is 2.40. The van der Waals surface area contributed by atoms with E-state index in [-0.39, 0.29) is 11.7 Å². The van der Waals surface area contributed by atoms with Gasteiger partial charge in [0, 0.05) is 13.1 Å². The normalized spacial score (nSPS) is 18.2. The number of halogens is 1. The summed E-state index contributed by atoms with van der Waals surface area (Å²) in [5.41, 5.74) is 0.685. The average Bonchev–Trinajstić information content (AvgIpc) is 3.05. The number of aromatic nitrogens is 3. The number of aliphatic hydroxyl groups is 1. The maximum atomic E-state index is 12.3. The van der Waals surface area contributed by atoms with E-state index in [1.54, 1.807) is 22.6 Å². The molecule has 2 aromatic rings. The van der Waals surface area contributed by atoms with Gasteiger partial charge in [-0.25, -0.2) is 9.67 Å². The van der Waals surface area contributed by atoms with E-state index >= 15 is 0 Å². The molecule has 1 aromatic heterocycles. The summed E-state index contributed by atoms with van der Waals surface area (Å²) in [4.78, 5) is 18.1. The van der Waals surface area contributed by atoms with Crippen LogP contribution in [-0.4, -0.2) is 49.9 Å². The predicted octanol–water partition coefficient (Wildman–Crippen LogP) is 1.44. The summed E-state index contributed by atoms with van der Waals surface area (Å²) < 4.78 is 1.56. The number of carbonyl (C=O) groups is 1. The Hall–Kier alpha value is -1.92. The van der Waals surface area contributed by atoms with E-state index in [1.807, 2.05) is 18.2 Å². The van der Waals surface area contributed by atoms with Crippen LogP contribution in [0, 0.1) is 6.92 Å². The van der Waals surface area contributed by atoms with Gasteiger partial charge in [-0.05, 0) is 25.5 Å². The molecule has 1 aromatic carbocycles. The van der Waals surface area contributed by atoms with Gasteiger partial charge in [-0.1, -0.05) is 23.7 Å². The molecule has 0 bridgehead atoms. The molecule has 1 atom stereocenters. The highest BCUT2D eigenvalue weighted by molar-refractivity contribution is 6.32. The third-order valence-corrected chi connectivity index (χ3v) is 3.81. The van der Waals surface area contributed by atoms with Crippen LogP contribution in [0.25, 0.3) is 5.69 Å². The summed E-state index contributed by atoms with van der Waals surface area (Å²) in [5.74, 6) is 0.452. The molecule has 0 radical (unpaired) electrons. The van der Waals surface area contributed by atoms with Gasteiger partial charge in [0.15, 0.2) is 0 Å². The van der Waals surface area contributed by atoms with Gasteiger partial charge in [-0.3, -0.25) is 4.79 Å². The van der Waals surface area contributed by atoms with Crippen LogP contribution in [0.15, 0.2) is 24.3 Å². The Labute approximate surface area is 127 Å². The molecule has 1 amide bonds. The van der Waals surface area contributed by atoms with Crippen LogP contribution in [-0.2, 0) is 0 Å². The zero-order valence-electron chi connectivity index (χ0n) is 11.5. The second kappa shape index (κ2) is 5.46. The second-order valence-electron chi connectivity index (χ2n) is 5.04. The van der Waals surface area contributed by atoms with Crippen molar-refractivity contribution in [2.75, 3.05) is 13.1 Å². The van der Waals surface area contributed by atoms with E-state index < -0.39 is 6.10 Å². The van der Waals surface area contributed by atoms with Gasteiger partial charge in [-0.2, -0.15) is 0 Å². The second-order valence-corrected chi connectivity index (χ2v) is 5.45. The lowest BCUT2D eigenvalue weighted by atomic mass is 10.3. The van der Waals surface area contributed by atoms with Crippen LogP contribution < -0.4 is 0 Å². The molecule has 1 aliphatic rings. The number of aryl methyl sites for hydroxylation is 1. The van der Waals surface area contributed by atoms with Crippen molar-refractivity contribution in [2.24, 2.45) is 0 Å². The van der Waals surface area contributed by atoms with Crippen LogP contribution in [0.1, 0.15) is 22.9 Å². The standard InChI is InChI=1S/C14H15ClN4O2/c1-9-16-13(14(21)18-7-6-10(20)8-18)17-19(9)12-5-3-2-4-11(12)15/h2-5,10,20H,6-8H2,1H3/t10-/m1/s1. The zero-order chi connectivity index (χ0) is 15.0. The lowest BCUT2D eigenvalue weighted by molar-refractivity contribution is 0.0753. The lowest BCUT2D eigenvalue weighted by Crippen LogP contribution is -2.30. The highest BCUT2D eigenvalue weighted by Gasteiger charge is 2.28. The quantitative estimate of drug-likeness (QED) is 0.911. The van der Waals surface area contributed by atoms with E-state index in [4.69, 9.17) is 11.6 Å². The first-order valence-electron chi connectivity index (χ1n) is 6.72. The number of amides is 1. The molecular weight excluding hydrogens is 292 g/mol. The van der Waals surface area contributed by atoms with E-state index in [0.29, 0.717) is 36.0 Å². The molecule has 0 unspecified atom stereocenters. The lowest BCUT2D eigenvalue weighted by Gasteiger charge is -2.12. The van der Waals surface area contributed by atoms with Crippen molar-refractivity contribution in [3.8, 4) is 5.69 Å². The van der Waals surface area contributed by atoms with Gasteiger partial charge in [0.25, 0.3) is 5.91 Å². The molecule has 0 saturated carbocycles. The molecule has 1 aliphatic heterocycles. The van der Waals surface area contributed by atoms with Crippen LogP contribution in [0.4, 0.5) is 0 Å². The smallest absolute Gasteiger partial charge is 0.293 e. The molecule has 21 heavy (non-hydrogen) atoms. The third kappa shape index (κ3) is 2.64. The van der Waals surface area contributed by atoms with Gasteiger partial charge in [0.05, 0.1) is 16.8 Å². The Morgan fingerprint density at radius 3 is 2.86 bits per heavy atom. The van der Waals surface area contributed by atoms with Crippen molar-refractivity contribution in [2.45, 2.75) is 19.4 Å². The molecule has 6 nitrogen and oxygen atoms in total. The fraction of sp³-hybridized carbons (Fsp3) is 0.357. The zero-order valence-corrected chi connectivity index (χ0v) is 12.3. The van der Waals surface area contributed by atoms with Gasteiger partial charge in [0.1, 0.15) is 5.82 Å². The minimum absolute atomic E-state index is 0.126. The molecule has 0 spiro atoms. The molecule has 7 heteroatoms. The molecule has 3 rings (SSSR count). The summed E-state index contributed by atoms with van der Waals surface area (Å²) in [7, 11) is 0. The van der Waals surface area contributed by atoms with Crippen LogP contribution in [0.5, 0.6) is 0 Å². The Kier molecular flexibility index (Phi) is 3.65. The molecule has 110 valence electrons. The number of para-hydroxylation sites is 1. The fourth-order valence-corrected chi connectivity index (χ4v) is 2.62. The van der Waals surface area contributed by atoms with Crippen LogP contribution >= 0.6 is 11.6 Å². The van der Waals surface area contributed by atoms with Gasteiger partial charge in [0.2, 0.25) is 5.82 Å². The number of β-amino-alcohol motifs (C(OH)–C–C–N with tert-alkyl or cyclic N) is 1. The number of aliphatic hydroxyl groups excluding tert-OH is 1. The number of hydrogen-bond acceptors (Lipinski definition) is 4. The van der Waals surface area contributed by atoms with Crippen LogP contribution in [0.3, 0.4) is 0 Å². The summed E-state index contributed by atoms with van der Waals surface area (Å²) in [6.45, 7) is 2.63. The van der Waals surface area contributed by atoms with Crippen LogP contribution in [0.2, 0.25) is 5.02 Å². The van der Waals surface area contributed by atoms with Crippen molar-refractivity contribution in [3.63, 3.8) is 0 Å². The molecule has 0 aliphatic carbocycles. The van der Waals surface area contributed by atoms with E-state index in [0.717, 1.165) is 0 Å². The molecule has 1 saturated heterocycles. The van der Waals surface area contributed by atoms with Crippen molar-refractivity contribution in [1.29, 1.82) is 0 Å². The predicted molar refractivity (Wildman–Crippen MR) is 77.6 cm³/mol. The maximum absolute atomic E-state index is 12.3. The number of benzene rings is 1. The van der Waals surface area contributed by atoms with Crippen molar-refractivity contribution in [1.82, 2.24) is 19.7 Å². The first-order valence-corrected chi connectivity index (χ1v) is 7.10. The van der Waals surface area contributed by atoms with Crippen molar-refractivity contribution < 1.29 is 9.90 Å². The third-order valence-electron chi connectivity index (χ3n) is 3.49. The molecule has 2 heterocycles.